The minimum absolute atomic E-state index is 0. The molecule has 0 radical (unpaired) electrons. The molecule has 0 saturated carbocycles. The first kappa shape index (κ1) is 25.8. The van der Waals surface area contributed by atoms with E-state index in [1.54, 1.807) is 14.2 Å². The van der Waals surface area contributed by atoms with Crippen molar-refractivity contribution in [3.05, 3.63) is 23.8 Å². The standard InChI is InChI=1S/C22H38N4O2.HI/c1-23-22(24-13-6-4-7-15-26-16-8-5-9-17-26)25-14-12-19-10-11-20(27-2)21(18-19)28-3;/h10-11,18H,4-9,12-17H2,1-3H3,(H2,23,24,25);1H. The zero-order valence-electron chi connectivity index (χ0n) is 18.3. The molecule has 0 bridgehead atoms. The number of aliphatic imine (C=N–C) groups is 1. The Morgan fingerprint density at radius 1 is 0.966 bits per heavy atom. The summed E-state index contributed by atoms with van der Waals surface area (Å²) < 4.78 is 10.7. The third kappa shape index (κ3) is 9.89. The van der Waals surface area contributed by atoms with Gasteiger partial charge in [0.1, 0.15) is 0 Å². The Labute approximate surface area is 193 Å². The number of hydrogen-bond donors (Lipinski definition) is 2. The molecule has 1 fully saturated rings. The van der Waals surface area contributed by atoms with Crippen molar-refractivity contribution in [3.8, 4) is 11.5 Å². The third-order valence-corrected chi connectivity index (χ3v) is 5.27. The summed E-state index contributed by atoms with van der Waals surface area (Å²) in [7, 11) is 5.14. The molecule has 1 aliphatic heterocycles. The summed E-state index contributed by atoms with van der Waals surface area (Å²) in [6.45, 7) is 5.65. The topological polar surface area (TPSA) is 58.1 Å². The Kier molecular flexibility index (Phi) is 13.9. The van der Waals surface area contributed by atoms with E-state index < -0.39 is 0 Å². The van der Waals surface area contributed by atoms with Crippen LogP contribution in [0.2, 0.25) is 0 Å². The number of guanidine groups is 1. The first-order valence-electron chi connectivity index (χ1n) is 10.6. The highest BCUT2D eigenvalue weighted by Gasteiger charge is 2.09. The number of nitrogens with zero attached hydrogens (tertiary/aromatic N) is 2. The molecule has 0 unspecified atom stereocenters. The fourth-order valence-electron chi connectivity index (χ4n) is 3.61. The summed E-state index contributed by atoms with van der Waals surface area (Å²) in [6, 6.07) is 6.05. The summed E-state index contributed by atoms with van der Waals surface area (Å²) in [5, 5.41) is 6.80. The molecule has 29 heavy (non-hydrogen) atoms. The van der Waals surface area contributed by atoms with Gasteiger partial charge in [-0.25, -0.2) is 0 Å². The second-order valence-corrected chi connectivity index (χ2v) is 7.33. The minimum Gasteiger partial charge on any atom is -0.493 e. The second kappa shape index (κ2) is 15.6. The van der Waals surface area contributed by atoms with Gasteiger partial charge >= 0.3 is 0 Å². The predicted octanol–water partition coefficient (Wildman–Crippen LogP) is 3.69. The summed E-state index contributed by atoms with van der Waals surface area (Å²) in [4.78, 5) is 6.93. The number of likely N-dealkylation sites (tertiary alicyclic amines) is 1. The Morgan fingerprint density at radius 2 is 1.69 bits per heavy atom. The smallest absolute Gasteiger partial charge is 0.190 e. The van der Waals surface area contributed by atoms with Crippen LogP contribution in [0.15, 0.2) is 23.2 Å². The van der Waals surface area contributed by atoms with Crippen molar-refractivity contribution in [2.45, 2.75) is 44.9 Å². The molecule has 1 aromatic carbocycles. The number of hydrogen-bond acceptors (Lipinski definition) is 4. The lowest BCUT2D eigenvalue weighted by Crippen LogP contribution is -2.38. The lowest BCUT2D eigenvalue weighted by molar-refractivity contribution is 0.224. The van der Waals surface area contributed by atoms with Gasteiger partial charge < -0.3 is 25.0 Å². The number of benzene rings is 1. The second-order valence-electron chi connectivity index (χ2n) is 7.33. The number of methoxy groups -OCH3 is 2. The van der Waals surface area contributed by atoms with Crippen molar-refractivity contribution < 1.29 is 9.47 Å². The van der Waals surface area contributed by atoms with E-state index in [1.165, 1.54) is 63.7 Å². The number of piperidine rings is 1. The van der Waals surface area contributed by atoms with E-state index in [2.05, 4.69) is 26.6 Å². The van der Waals surface area contributed by atoms with Gasteiger partial charge in [-0.3, -0.25) is 4.99 Å². The Morgan fingerprint density at radius 3 is 2.38 bits per heavy atom. The number of unbranched alkanes of at least 4 members (excludes halogenated alkanes) is 2. The van der Waals surface area contributed by atoms with E-state index in [-0.39, 0.29) is 24.0 Å². The SMILES string of the molecule is CN=C(NCCCCCN1CCCCC1)NCCc1ccc(OC)c(OC)c1.I. The van der Waals surface area contributed by atoms with Gasteiger partial charge in [-0.05, 0) is 69.4 Å². The van der Waals surface area contributed by atoms with Crippen LogP contribution in [0.3, 0.4) is 0 Å². The molecule has 0 amide bonds. The molecule has 0 atom stereocenters. The van der Waals surface area contributed by atoms with Crippen LogP contribution in [0, 0.1) is 0 Å². The van der Waals surface area contributed by atoms with Gasteiger partial charge in [0.05, 0.1) is 14.2 Å². The van der Waals surface area contributed by atoms with Crippen molar-refractivity contribution in [1.82, 2.24) is 15.5 Å². The molecule has 0 aromatic heterocycles. The molecule has 2 N–H and O–H groups in total. The molecular formula is C22H39IN4O2. The van der Waals surface area contributed by atoms with E-state index in [1.807, 2.05) is 19.2 Å². The quantitative estimate of drug-likeness (QED) is 0.203. The van der Waals surface area contributed by atoms with Gasteiger partial charge in [0, 0.05) is 20.1 Å². The molecule has 6 nitrogen and oxygen atoms in total. The van der Waals surface area contributed by atoms with Crippen LogP contribution < -0.4 is 20.1 Å². The summed E-state index contributed by atoms with van der Waals surface area (Å²) in [6.07, 6.45) is 8.83. The highest BCUT2D eigenvalue weighted by Crippen LogP contribution is 2.27. The maximum Gasteiger partial charge on any atom is 0.190 e. The first-order valence-corrected chi connectivity index (χ1v) is 10.6. The normalized spacial score (nSPS) is 14.8. The van der Waals surface area contributed by atoms with Gasteiger partial charge in [0.15, 0.2) is 17.5 Å². The van der Waals surface area contributed by atoms with Crippen LogP contribution in [0.1, 0.15) is 44.1 Å². The molecule has 0 aliphatic carbocycles. The largest absolute Gasteiger partial charge is 0.493 e. The lowest BCUT2D eigenvalue weighted by atomic mass is 10.1. The van der Waals surface area contributed by atoms with Crippen LogP contribution in [-0.2, 0) is 6.42 Å². The molecular weight excluding hydrogens is 479 g/mol. The van der Waals surface area contributed by atoms with Crippen LogP contribution in [-0.4, -0.2) is 64.9 Å². The van der Waals surface area contributed by atoms with E-state index in [9.17, 15) is 0 Å². The predicted molar refractivity (Wildman–Crippen MR) is 132 cm³/mol. The van der Waals surface area contributed by atoms with Crippen molar-refractivity contribution in [2.24, 2.45) is 4.99 Å². The van der Waals surface area contributed by atoms with E-state index in [0.717, 1.165) is 37.0 Å². The van der Waals surface area contributed by atoms with Crippen LogP contribution in [0.25, 0.3) is 0 Å². The van der Waals surface area contributed by atoms with Gasteiger partial charge in [-0.2, -0.15) is 0 Å². The van der Waals surface area contributed by atoms with Crippen LogP contribution >= 0.6 is 24.0 Å². The molecule has 1 heterocycles. The zero-order valence-corrected chi connectivity index (χ0v) is 20.7. The average molecular weight is 518 g/mol. The fraction of sp³-hybridized carbons (Fsp3) is 0.682. The number of halogens is 1. The van der Waals surface area contributed by atoms with Crippen LogP contribution in [0.5, 0.6) is 11.5 Å². The van der Waals surface area contributed by atoms with Gasteiger partial charge in [-0.1, -0.05) is 18.9 Å². The number of rotatable bonds is 11. The monoisotopic (exact) mass is 518 g/mol. The summed E-state index contributed by atoms with van der Waals surface area (Å²) in [5.74, 6) is 2.40. The fourth-order valence-corrected chi connectivity index (χ4v) is 3.61. The average Bonchev–Trinajstić information content (AvgIpc) is 2.75. The lowest BCUT2D eigenvalue weighted by Gasteiger charge is -2.26. The Hall–Kier alpha value is -1.22. The highest BCUT2D eigenvalue weighted by molar-refractivity contribution is 14.0. The van der Waals surface area contributed by atoms with Gasteiger partial charge in [-0.15, -0.1) is 24.0 Å². The first-order chi connectivity index (χ1) is 13.8. The van der Waals surface area contributed by atoms with Crippen molar-refractivity contribution in [2.75, 3.05) is 54.0 Å². The number of nitrogens with one attached hydrogen (secondary N) is 2. The molecule has 166 valence electrons. The maximum absolute atomic E-state index is 5.36. The van der Waals surface area contributed by atoms with Crippen LogP contribution in [0.4, 0.5) is 0 Å². The molecule has 2 rings (SSSR count). The van der Waals surface area contributed by atoms with Crippen molar-refractivity contribution >= 4 is 29.9 Å². The van der Waals surface area contributed by atoms with E-state index in [0.29, 0.717) is 0 Å². The zero-order chi connectivity index (χ0) is 20.0. The van der Waals surface area contributed by atoms with Gasteiger partial charge in [0.25, 0.3) is 0 Å². The van der Waals surface area contributed by atoms with Crippen molar-refractivity contribution in [3.63, 3.8) is 0 Å². The molecule has 1 saturated heterocycles. The van der Waals surface area contributed by atoms with E-state index >= 15 is 0 Å². The third-order valence-electron chi connectivity index (χ3n) is 5.27. The number of ether oxygens (including phenoxy) is 2. The molecule has 1 aliphatic rings. The summed E-state index contributed by atoms with van der Waals surface area (Å²) >= 11 is 0. The van der Waals surface area contributed by atoms with Crippen molar-refractivity contribution in [1.29, 1.82) is 0 Å². The molecule has 1 aromatic rings. The van der Waals surface area contributed by atoms with Gasteiger partial charge in [0.2, 0.25) is 0 Å². The minimum atomic E-state index is 0. The molecule has 0 spiro atoms. The molecule has 7 heteroatoms. The maximum atomic E-state index is 5.36. The summed E-state index contributed by atoms with van der Waals surface area (Å²) in [5.41, 5.74) is 1.21. The Bertz CT molecular complexity index is 592. The highest BCUT2D eigenvalue weighted by atomic mass is 127. The Balaban J connectivity index is 0.00000420. The van der Waals surface area contributed by atoms with E-state index in [4.69, 9.17) is 9.47 Å².